The first-order valence-electron chi connectivity index (χ1n) is 4.83. The number of halogens is 4. The Morgan fingerprint density at radius 1 is 1.39 bits per heavy atom. The van der Waals surface area contributed by atoms with Gasteiger partial charge in [-0.05, 0) is 50.9 Å². The molecule has 0 amide bonds. The zero-order chi connectivity index (χ0) is 12.6. The molecule has 2 N–H and O–H groups in total. The molecule has 18 heavy (non-hydrogen) atoms. The van der Waals surface area contributed by atoms with Gasteiger partial charge in [0.25, 0.3) is 0 Å². The molecule has 1 aliphatic rings. The van der Waals surface area contributed by atoms with Crippen LogP contribution in [0.1, 0.15) is 12.5 Å². The quantitative estimate of drug-likeness (QED) is 0.687. The first-order chi connectivity index (χ1) is 8.02. The highest BCUT2D eigenvalue weighted by atomic mass is 79.9. The lowest BCUT2D eigenvalue weighted by Gasteiger charge is -2.06. The smallest absolute Gasteiger partial charge is 0.222 e. The fourth-order valence-corrected chi connectivity index (χ4v) is 2.83. The summed E-state index contributed by atoms with van der Waals surface area (Å²) >= 11 is 12.4. The summed E-state index contributed by atoms with van der Waals surface area (Å²) in [6, 6.07) is 3.67. The number of benzene rings is 1. The summed E-state index contributed by atoms with van der Waals surface area (Å²) in [7, 11) is 0. The molecule has 0 bridgehead atoms. The number of nitrogen functional groups attached to an aromatic ring is 1. The molecule has 98 valence electrons. The van der Waals surface area contributed by atoms with Crippen LogP contribution in [-0.2, 0) is 4.74 Å². The Balaban J connectivity index is 0.00000162. The lowest BCUT2D eigenvalue weighted by atomic mass is 10.2. The molecule has 1 aromatic carbocycles. The summed E-state index contributed by atoms with van der Waals surface area (Å²) in [5, 5.41) is 0. The number of hydrogen-bond acceptors (Lipinski definition) is 3. The average Bonchev–Trinajstić information content (AvgIpc) is 2.66. The van der Waals surface area contributed by atoms with Crippen LogP contribution in [-0.4, -0.2) is 11.9 Å². The maximum Gasteiger partial charge on any atom is 0.222 e. The van der Waals surface area contributed by atoms with Crippen LogP contribution in [0.3, 0.4) is 0 Å². The van der Waals surface area contributed by atoms with Gasteiger partial charge in [-0.3, -0.25) is 0 Å². The van der Waals surface area contributed by atoms with Crippen molar-refractivity contribution in [3.05, 3.63) is 37.9 Å². The van der Waals surface area contributed by atoms with Gasteiger partial charge in [-0.1, -0.05) is 11.6 Å². The minimum absolute atomic E-state index is 0. The number of rotatable bonds is 1. The second-order valence-corrected chi connectivity index (χ2v) is 5.50. The molecule has 0 spiro atoms. The highest BCUT2D eigenvalue weighted by Gasteiger charge is 2.23. The van der Waals surface area contributed by atoms with E-state index in [2.05, 4.69) is 36.9 Å². The zero-order valence-electron chi connectivity index (χ0n) is 9.28. The number of hydrogen-bond donors (Lipinski definition) is 1. The third kappa shape index (κ3) is 3.02. The van der Waals surface area contributed by atoms with Crippen molar-refractivity contribution < 1.29 is 4.74 Å². The van der Waals surface area contributed by atoms with Gasteiger partial charge in [0.2, 0.25) is 5.90 Å². The van der Waals surface area contributed by atoms with Crippen LogP contribution in [0.5, 0.6) is 0 Å². The van der Waals surface area contributed by atoms with Crippen molar-refractivity contribution in [2.75, 3.05) is 5.73 Å². The predicted molar refractivity (Wildman–Crippen MR) is 84.5 cm³/mol. The number of nitrogens with zero attached hydrogens (tertiary/aromatic N) is 1. The van der Waals surface area contributed by atoms with Crippen molar-refractivity contribution in [3.8, 4) is 0 Å². The molecule has 1 atom stereocenters. The molecule has 3 nitrogen and oxygen atoms in total. The Morgan fingerprint density at radius 2 is 1.94 bits per heavy atom. The average molecular weight is 417 g/mol. The third-order valence-corrected chi connectivity index (χ3v) is 3.90. The summed E-state index contributed by atoms with van der Waals surface area (Å²) < 4.78 is 7.15. The third-order valence-electron chi connectivity index (χ3n) is 2.37. The first-order valence-corrected chi connectivity index (χ1v) is 6.86. The lowest BCUT2D eigenvalue weighted by Crippen LogP contribution is -2.02. The highest BCUT2D eigenvalue weighted by Crippen LogP contribution is 2.31. The fourth-order valence-electron chi connectivity index (χ4n) is 1.42. The number of aliphatic imine (C=N–C) groups is 1. The fraction of sp³-hybridized carbons (Fsp3) is 0.182. The van der Waals surface area contributed by atoms with Crippen LogP contribution in [0.15, 0.2) is 37.4 Å². The van der Waals surface area contributed by atoms with Crippen LogP contribution in [0.25, 0.3) is 0 Å². The van der Waals surface area contributed by atoms with Crippen LogP contribution in [0.2, 0.25) is 0 Å². The van der Waals surface area contributed by atoms with Gasteiger partial charge in [-0.2, -0.15) is 0 Å². The van der Waals surface area contributed by atoms with Gasteiger partial charge in [0.05, 0.1) is 5.69 Å². The molecule has 0 saturated carbocycles. The van der Waals surface area contributed by atoms with Gasteiger partial charge in [0.15, 0.2) is 0 Å². The Morgan fingerprint density at radius 3 is 2.39 bits per heavy atom. The summed E-state index contributed by atoms with van der Waals surface area (Å²) in [6.45, 7) is 1.92. The monoisotopic (exact) mass is 414 g/mol. The summed E-state index contributed by atoms with van der Waals surface area (Å²) in [5.74, 6) is 1.19. The van der Waals surface area contributed by atoms with Crippen molar-refractivity contribution >= 4 is 67.5 Å². The molecule has 1 aliphatic heterocycles. The van der Waals surface area contributed by atoms with Crippen molar-refractivity contribution in [3.63, 3.8) is 0 Å². The molecular formula is C11H10Br2Cl2N2O. The molecule has 0 radical (unpaired) electrons. The van der Waals surface area contributed by atoms with Crippen LogP contribution < -0.4 is 5.73 Å². The molecule has 1 unspecified atom stereocenters. The largest absolute Gasteiger partial charge is 0.440 e. The van der Waals surface area contributed by atoms with E-state index in [4.69, 9.17) is 22.1 Å². The van der Waals surface area contributed by atoms with Gasteiger partial charge >= 0.3 is 0 Å². The van der Waals surface area contributed by atoms with Crippen molar-refractivity contribution in [2.45, 2.75) is 13.0 Å². The van der Waals surface area contributed by atoms with Gasteiger partial charge in [-0.15, -0.1) is 12.4 Å². The van der Waals surface area contributed by atoms with E-state index in [0.717, 1.165) is 14.5 Å². The molecule has 0 aliphatic carbocycles. The molecule has 0 fully saturated rings. The molecular weight excluding hydrogens is 407 g/mol. The van der Waals surface area contributed by atoms with E-state index in [9.17, 15) is 0 Å². The SMILES string of the molecule is CC1N=C(c2cc(Br)c(N)c(Br)c2)OC1=CCl.Cl. The number of nitrogens with two attached hydrogens (primary N) is 1. The van der Waals surface area contributed by atoms with Crippen molar-refractivity contribution in [1.29, 1.82) is 0 Å². The van der Waals surface area contributed by atoms with Gasteiger partial charge < -0.3 is 10.5 Å². The molecule has 0 aromatic heterocycles. The first kappa shape index (κ1) is 15.8. The highest BCUT2D eigenvalue weighted by molar-refractivity contribution is 9.11. The lowest BCUT2D eigenvalue weighted by molar-refractivity contribution is 0.423. The van der Waals surface area contributed by atoms with E-state index in [1.807, 2.05) is 19.1 Å². The molecule has 1 aromatic rings. The van der Waals surface area contributed by atoms with E-state index < -0.39 is 0 Å². The molecule has 2 rings (SSSR count). The van der Waals surface area contributed by atoms with Gasteiger partial charge in [0, 0.05) is 20.0 Å². The minimum atomic E-state index is -0.0578. The topological polar surface area (TPSA) is 47.6 Å². The van der Waals surface area contributed by atoms with Crippen molar-refractivity contribution in [2.24, 2.45) is 4.99 Å². The summed E-state index contributed by atoms with van der Waals surface area (Å²) in [6.07, 6.45) is 0. The number of anilines is 1. The van der Waals surface area contributed by atoms with Crippen LogP contribution in [0, 0.1) is 0 Å². The van der Waals surface area contributed by atoms with E-state index in [1.165, 1.54) is 5.54 Å². The van der Waals surface area contributed by atoms with Gasteiger partial charge in [-0.25, -0.2) is 4.99 Å². The van der Waals surface area contributed by atoms with E-state index in [1.54, 1.807) is 0 Å². The van der Waals surface area contributed by atoms with E-state index >= 15 is 0 Å². The maximum atomic E-state index is 5.82. The minimum Gasteiger partial charge on any atom is -0.440 e. The molecule has 1 heterocycles. The van der Waals surface area contributed by atoms with Gasteiger partial charge in [0.1, 0.15) is 11.8 Å². The maximum absolute atomic E-state index is 5.82. The standard InChI is InChI=1S/C11H9Br2ClN2O.ClH/c1-5-9(4-14)17-11(16-5)6-2-7(12)10(15)8(13)3-6;/h2-5H,15H2,1H3;1H. The van der Waals surface area contributed by atoms with Crippen LogP contribution >= 0.6 is 55.9 Å². The van der Waals surface area contributed by atoms with E-state index in [-0.39, 0.29) is 18.4 Å². The number of ether oxygens (including phenoxy) is 1. The second-order valence-electron chi connectivity index (χ2n) is 3.58. The Kier molecular flexibility index (Phi) is 5.52. The Hall–Kier alpha value is -0.230. The van der Waals surface area contributed by atoms with E-state index in [0.29, 0.717) is 17.3 Å². The van der Waals surface area contributed by atoms with Crippen LogP contribution in [0.4, 0.5) is 5.69 Å². The Labute approximate surface area is 133 Å². The Bertz CT molecular complexity index is 509. The summed E-state index contributed by atoms with van der Waals surface area (Å²) in [5.41, 5.74) is 8.72. The molecule has 7 heteroatoms. The van der Waals surface area contributed by atoms with Crippen molar-refractivity contribution in [1.82, 2.24) is 0 Å². The molecule has 0 saturated heterocycles. The summed E-state index contributed by atoms with van der Waals surface area (Å²) in [4.78, 5) is 4.38. The predicted octanol–water partition coefficient (Wildman–Crippen LogP) is 4.46. The normalized spacial score (nSPS) is 20.3. The zero-order valence-corrected chi connectivity index (χ0v) is 14.0. The second kappa shape index (κ2) is 6.28.